The quantitative estimate of drug-likeness (QED) is 0.588. The highest BCUT2D eigenvalue weighted by Crippen LogP contribution is 2.18. The molecule has 70 valence electrons. The average molecular weight is 178 g/mol. The van der Waals surface area contributed by atoms with Gasteiger partial charge in [0.25, 0.3) is 0 Å². The molecule has 0 unspecified atom stereocenters. The second-order valence-corrected chi connectivity index (χ2v) is 2.94. The molecule has 0 bridgehead atoms. The van der Waals surface area contributed by atoms with Crippen molar-refractivity contribution >= 4 is 12.1 Å². The number of amides is 1. The summed E-state index contributed by atoms with van der Waals surface area (Å²) in [6.45, 7) is 8.39. The fraction of sp³-hybridized carbons (Fsp3) is 0.400. The molecule has 0 atom stereocenters. The van der Waals surface area contributed by atoms with Crippen molar-refractivity contribution in [3.8, 4) is 0 Å². The Morgan fingerprint density at radius 1 is 1.62 bits per heavy atom. The standard InChI is InChI=1S/C10H14N2O/c1-4-9-6-12(8(3)13)7-10(9)11-5-2/h4-5H,1,6-7H2,2-3H3. The third-order valence-corrected chi connectivity index (χ3v) is 2.05. The van der Waals surface area contributed by atoms with Gasteiger partial charge >= 0.3 is 0 Å². The lowest BCUT2D eigenvalue weighted by Crippen LogP contribution is -2.26. The van der Waals surface area contributed by atoms with Gasteiger partial charge in [-0.2, -0.15) is 0 Å². The highest BCUT2D eigenvalue weighted by Gasteiger charge is 2.20. The van der Waals surface area contributed by atoms with Gasteiger partial charge in [0, 0.05) is 19.7 Å². The first-order chi connectivity index (χ1) is 6.19. The predicted octanol–water partition coefficient (Wildman–Crippen LogP) is 1.38. The van der Waals surface area contributed by atoms with Gasteiger partial charge in [0.15, 0.2) is 0 Å². The fourth-order valence-electron chi connectivity index (χ4n) is 1.32. The third kappa shape index (κ3) is 2.05. The van der Waals surface area contributed by atoms with Crippen LogP contribution in [0.2, 0.25) is 0 Å². The van der Waals surface area contributed by atoms with Crippen LogP contribution in [-0.2, 0) is 4.79 Å². The molecule has 0 radical (unpaired) electrons. The summed E-state index contributed by atoms with van der Waals surface area (Å²) >= 11 is 0. The minimum atomic E-state index is 0.0839. The van der Waals surface area contributed by atoms with Crippen molar-refractivity contribution in [2.75, 3.05) is 13.1 Å². The second kappa shape index (κ2) is 4.03. The molecule has 0 aromatic heterocycles. The molecule has 3 nitrogen and oxygen atoms in total. The van der Waals surface area contributed by atoms with Crippen LogP contribution >= 0.6 is 0 Å². The molecular formula is C10H14N2O. The van der Waals surface area contributed by atoms with Crippen LogP contribution in [0.15, 0.2) is 28.9 Å². The maximum absolute atomic E-state index is 11.1. The molecule has 0 saturated carbocycles. The van der Waals surface area contributed by atoms with Gasteiger partial charge in [0.2, 0.25) is 5.91 Å². The van der Waals surface area contributed by atoms with E-state index < -0.39 is 0 Å². The summed E-state index contributed by atoms with van der Waals surface area (Å²) < 4.78 is 0. The molecule has 3 heteroatoms. The Kier molecular flexibility index (Phi) is 3.01. The van der Waals surface area contributed by atoms with Gasteiger partial charge < -0.3 is 4.90 Å². The van der Waals surface area contributed by atoms with Gasteiger partial charge in [-0.15, -0.1) is 0 Å². The molecule has 0 aliphatic carbocycles. The second-order valence-electron chi connectivity index (χ2n) is 2.94. The van der Waals surface area contributed by atoms with Crippen LogP contribution in [0.4, 0.5) is 0 Å². The Balaban J connectivity index is 2.80. The van der Waals surface area contributed by atoms with Crippen LogP contribution in [0.5, 0.6) is 0 Å². The van der Waals surface area contributed by atoms with E-state index in [0.29, 0.717) is 13.1 Å². The highest BCUT2D eigenvalue weighted by atomic mass is 16.2. The van der Waals surface area contributed by atoms with Crippen LogP contribution in [0.1, 0.15) is 13.8 Å². The maximum Gasteiger partial charge on any atom is 0.220 e. The average Bonchev–Trinajstić information content (AvgIpc) is 2.48. The molecule has 0 saturated heterocycles. The molecule has 1 aliphatic rings. The Bertz CT molecular complexity index is 289. The first kappa shape index (κ1) is 9.71. The monoisotopic (exact) mass is 178 g/mol. The van der Waals surface area contributed by atoms with Crippen LogP contribution in [-0.4, -0.2) is 30.1 Å². The normalized spacial score (nSPS) is 17.2. The molecule has 1 aliphatic heterocycles. The first-order valence-corrected chi connectivity index (χ1v) is 4.27. The molecular weight excluding hydrogens is 164 g/mol. The zero-order chi connectivity index (χ0) is 9.84. The summed E-state index contributed by atoms with van der Waals surface area (Å²) in [5.41, 5.74) is 2.00. The largest absolute Gasteiger partial charge is 0.333 e. The van der Waals surface area contributed by atoms with E-state index in [1.807, 2.05) is 6.92 Å². The van der Waals surface area contributed by atoms with Crippen molar-refractivity contribution in [2.45, 2.75) is 13.8 Å². The van der Waals surface area contributed by atoms with Crippen molar-refractivity contribution in [3.63, 3.8) is 0 Å². The fourth-order valence-corrected chi connectivity index (χ4v) is 1.32. The van der Waals surface area contributed by atoms with Crippen LogP contribution < -0.4 is 0 Å². The Morgan fingerprint density at radius 2 is 2.31 bits per heavy atom. The summed E-state index contributed by atoms with van der Waals surface area (Å²) in [4.78, 5) is 17.0. The van der Waals surface area contributed by atoms with E-state index in [4.69, 9.17) is 0 Å². The third-order valence-electron chi connectivity index (χ3n) is 2.05. The number of carbonyl (C=O) groups is 1. The molecule has 0 fully saturated rings. The van der Waals surface area contributed by atoms with Gasteiger partial charge in [-0.05, 0) is 12.5 Å². The Morgan fingerprint density at radius 3 is 2.77 bits per heavy atom. The van der Waals surface area contributed by atoms with Gasteiger partial charge in [-0.25, -0.2) is 0 Å². The smallest absolute Gasteiger partial charge is 0.220 e. The number of rotatable bonds is 2. The predicted molar refractivity (Wildman–Crippen MR) is 53.6 cm³/mol. The Labute approximate surface area is 78.5 Å². The molecule has 0 spiro atoms. The molecule has 0 aromatic carbocycles. The van der Waals surface area contributed by atoms with Crippen molar-refractivity contribution in [2.24, 2.45) is 4.99 Å². The minimum absolute atomic E-state index is 0.0839. The molecule has 13 heavy (non-hydrogen) atoms. The number of hydrogen-bond acceptors (Lipinski definition) is 2. The molecule has 0 aromatic rings. The summed E-state index contributed by atoms with van der Waals surface area (Å²) in [6.07, 6.45) is 3.51. The Hall–Kier alpha value is -1.38. The van der Waals surface area contributed by atoms with E-state index in [9.17, 15) is 4.79 Å². The van der Waals surface area contributed by atoms with Crippen LogP contribution in [0, 0.1) is 0 Å². The zero-order valence-corrected chi connectivity index (χ0v) is 8.08. The molecule has 1 heterocycles. The van der Waals surface area contributed by atoms with Crippen LogP contribution in [0.25, 0.3) is 0 Å². The van der Waals surface area contributed by atoms with Crippen molar-refractivity contribution in [1.82, 2.24) is 4.90 Å². The lowest BCUT2D eigenvalue weighted by molar-refractivity contribution is -0.127. The van der Waals surface area contributed by atoms with Crippen molar-refractivity contribution < 1.29 is 4.79 Å². The van der Waals surface area contributed by atoms with Gasteiger partial charge in [0.1, 0.15) is 0 Å². The number of hydrogen-bond donors (Lipinski definition) is 0. The van der Waals surface area contributed by atoms with Gasteiger partial charge in [-0.1, -0.05) is 12.7 Å². The zero-order valence-electron chi connectivity index (χ0n) is 8.08. The summed E-state index contributed by atoms with van der Waals surface area (Å²) in [5.74, 6) is 0.0839. The first-order valence-electron chi connectivity index (χ1n) is 4.27. The molecule has 1 rings (SSSR count). The lowest BCUT2D eigenvalue weighted by Gasteiger charge is -2.12. The lowest BCUT2D eigenvalue weighted by atomic mass is 10.2. The van der Waals surface area contributed by atoms with Crippen LogP contribution in [0.3, 0.4) is 0 Å². The molecule has 0 N–H and O–H groups in total. The summed E-state index contributed by atoms with van der Waals surface area (Å²) in [5, 5.41) is 0. The molecule has 1 amide bonds. The van der Waals surface area contributed by atoms with E-state index in [2.05, 4.69) is 11.6 Å². The number of carbonyl (C=O) groups excluding carboxylic acids is 1. The number of nitrogens with zero attached hydrogens (tertiary/aromatic N) is 2. The SMILES string of the molecule is C=CC1=C(N=CC)CN(C(C)=O)C1. The summed E-state index contributed by atoms with van der Waals surface area (Å²) in [6, 6.07) is 0. The van der Waals surface area contributed by atoms with E-state index in [1.165, 1.54) is 0 Å². The highest BCUT2D eigenvalue weighted by molar-refractivity contribution is 5.75. The summed E-state index contributed by atoms with van der Waals surface area (Å²) in [7, 11) is 0. The van der Waals surface area contributed by atoms with Crippen molar-refractivity contribution in [1.29, 1.82) is 0 Å². The minimum Gasteiger partial charge on any atom is -0.333 e. The maximum atomic E-state index is 11.1. The topological polar surface area (TPSA) is 32.7 Å². The van der Waals surface area contributed by atoms with E-state index in [-0.39, 0.29) is 5.91 Å². The van der Waals surface area contributed by atoms with Gasteiger partial charge in [0.05, 0.1) is 12.2 Å². The van der Waals surface area contributed by atoms with Crippen molar-refractivity contribution in [3.05, 3.63) is 23.9 Å². The van der Waals surface area contributed by atoms with E-state index in [0.717, 1.165) is 11.3 Å². The number of aliphatic imine (C=N–C) groups is 1. The van der Waals surface area contributed by atoms with E-state index in [1.54, 1.807) is 24.1 Å². The van der Waals surface area contributed by atoms with E-state index >= 15 is 0 Å². The van der Waals surface area contributed by atoms with Gasteiger partial charge in [-0.3, -0.25) is 9.79 Å².